The SMILES string of the molecule is CCCONC1CCCc2c1ccc(=O)n2CCc1ccccc1. The molecule has 1 heterocycles. The molecule has 1 aliphatic rings. The van der Waals surface area contributed by atoms with Crippen LogP contribution in [0.15, 0.2) is 47.3 Å². The highest BCUT2D eigenvalue weighted by atomic mass is 16.6. The molecule has 0 fully saturated rings. The first kappa shape index (κ1) is 16.9. The first-order valence-electron chi connectivity index (χ1n) is 8.93. The van der Waals surface area contributed by atoms with Gasteiger partial charge in [-0.15, -0.1) is 0 Å². The van der Waals surface area contributed by atoms with Crippen LogP contribution in [0.5, 0.6) is 0 Å². The number of nitrogens with one attached hydrogen (secondary N) is 1. The molecular formula is C20H26N2O2. The Hall–Kier alpha value is -1.91. The predicted octanol–water partition coefficient (Wildman–Crippen LogP) is 3.40. The van der Waals surface area contributed by atoms with Gasteiger partial charge in [0.05, 0.1) is 12.6 Å². The monoisotopic (exact) mass is 326 g/mol. The molecule has 4 heteroatoms. The van der Waals surface area contributed by atoms with E-state index in [9.17, 15) is 4.79 Å². The Morgan fingerprint density at radius 3 is 2.83 bits per heavy atom. The second-order valence-electron chi connectivity index (χ2n) is 6.37. The van der Waals surface area contributed by atoms with Crippen LogP contribution in [0.25, 0.3) is 0 Å². The molecule has 0 saturated heterocycles. The van der Waals surface area contributed by atoms with Gasteiger partial charge in [-0.05, 0) is 43.2 Å². The van der Waals surface area contributed by atoms with Crippen molar-refractivity contribution < 1.29 is 4.84 Å². The molecule has 1 atom stereocenters. The molecule has 1 N–H and O–H groups in total. The van der Waals surface area contributed by atoms with Gasteiger partial charge >= 0.3 is 0 Å². The molecule has 1 aromatic carbocycles. The van der Waals surface area contributed by atoms with Crippen molar-refractivity contribution in [2.45, 2.75) is 51.6 Å². The summed E-state index contributed by atoms with van der Waals surface area (Å²) in [5, 5.41) is 0. The highest BCUT2D eigenvalue weighted by Crippen LogP contribution is 2.28. The maximum absolute atomic E-state index is 12.4. The minimum atomic E-state index is 0.0970. The third-order valence-electron chi connectivity index (χ3n) is 4.61. The van der Waals surface area contributed by atoms with E-state index < -0.39 is 0 Å². The average Bonchev–Trinajstić information content (AvgIpc) is 2.62. The molecule has 0 spiro atoms. The smallest absolute Gasteiger partial charge is 0.250 e. The molecule has 0 radical (unpaired) electrons. The van der Waals surface area contributed by atoms with Gasteiger partial charge in [0, 0.05) is 18.3 Å². The fourth-order valence-corrected chi connectivity index (χ4v) is 3.38. The van der Waals surface area contributed by atoms with Gasteiger partial charge in [0.25, 0.3) is 5.56 Å². The summed E-state index contributed by atoms with van der Waals surface area (Å²) in [5.41, 5.74) is 6.93. The number of hydroxylamine groups is 1. The van der Waals surface area contributed by atoms with Gasteiger partial charge in [-0.3, -0.25) is 4.79 Å². The van der Waals surface area contributed by atoms with Crippen LogP contribution in [0.4, 0.5) is 0 Å². The lowest BCUT2D eigenvalue weighted by Crippen LogP contribution is -2.32. The topological polar surface area (TPSA) is 43.3 Å². The molecule has 128 valence electrons. The lowest BCUT2D eigenvalue weighted by Gasteiger charge is -2.28. The molecule has 24 heavy (non-hydrogen) atoms. The molecule has 0 aliphatic heterocycles. The van der Waals surface area contributed by atoms with Crippen molar-refractivity contribution in [3.8, 4) is 0 Å². The van der Waals surface area contributed by atoms with Crippen molar-refractivity contribution >= 4 is 0 Å². The van der Waals surface area contributed by atoms with Crippen LogP contribution in [-0.4, -0.2) is 11.2 Å². The van der Waals surface area contributed by atoms with E-state index in [2.05, 4.69) is 24.5 Å². The molecular weight excluding hydrogens is 300 g/mol. The van der Waals surface area contributed by atoms with Gasteiger partial charge in [0.2, 0.25) is 0 Å². The fourth-order valence-electron chi connectivity index (χ4n) is 3.38. The number of aryl methyl sites for hydroxylation is 1. The third kappa shape index (κ3) is 3.94. The first-order chi connectivity index (χ1) is 11.8. The summed E-state index contributed by atoms with van der Waals surface area (Å²) in [6, 6.07) is 14.2. The predicted molar refractivity (Wildman–Crippen MR) is 95.9 cm³/mol. The Morgan fingerprint density at radius 2 is 2.04 bits per heavy atom. The molecule has 0 bridgehead atoms. The lowest BCUT2D eigenvalue weighted by molar-refractivity contribution is 0.0114. The van der Waals surface area contributed by atoms with Crippen molar-refractivity contribution in [1.29, 1.82) is 0 Å². The van der Waals surface area contributed by atoms with Crippen molar-refractivity contribution in [1.82, 2.24) is 10.0 Å². The zero-order chi connectivity index (χ0) is 16.8. The highest BCUT2D eigenvalue weighted by Gasteiger charge is 2.23. The number of hydrogen-bond donors (Lipinski definition) is 1. The summed E-state index contributed by atoms with van der Waals surface area (Å²) in [6.45, 7) is 3.53. The van der Waals surface area contributed by atoms with Crippen LogP contribution < -0.4 is 11.0 Å². The Bertz CT molecular complexity index is 709. The van der Waals surface area contributed by atoms with E-state index >= 15 is 0 Å². The van der Waals surface area contributed by atoms with E-state index in [0.29, 0.717) is 6.61 Å². The van der Waals surface area contributed by atoms with Gasteiger partial charge in [-0.1, -0.05) is 43.3 Å². The number of rotatable bonds is 7. The van der Waals surface area contributed by atoms with E-state index in [1.807, 2.05) is 28.8 Å². The number of fused-ring (bicyclic) bond motifs is 1. The Morgan fingerprint density at radius 1 is 1.21 bits per heavy atom. The molecule has 1 unspecified atom stereocenters. The number of pyridine rings is 1. The molecule has 1 aliphatic carbocycles. The maximum Gasteiger partial charge on any atom is 0.250 e. The van der Waals surface area contributed by atoms with Crippen LogP contribution in [0, 0.1) is 0 Å². The van der Waals surface area contributed by atoms with E-state index in [1.165, 1.54) is 16.8 Å². The summed E-state index contributed by atoms with van der Waals surface area (Å²) in [5.74, 6) is 0. The fraction of sp³-hybridized carbons (Fsp3) is 0.450. The summed E-state index contributed by atoms with van der Waals surface area (Å²) < 4.78 is 1.95. The average molecular weight is 326 g/mol. The number of aromatic nitrogens is 1. The summed E-state index contributed by atoms with van der Waals surface area (Å²) in [6.07, 6.45) is 4.96. The van der Waals surface area contributed by atoms with Crippen molar-refractivity contribution in [2.24, 2.45) is 0 Å². The van der Waals surface area contributed by atoms with Crippen LogP contribution in [0.2, 0.25) is 0 Å². The van der Waals surface area contributed by atoms with Crippen molar-refractivity contribution in [3.05, 3.63) is 69.6 Å². The molecule has 1 aromatic heterocycles. The minimum absolute atomic E-state index is 0.0970. The van der Waals surface area contributed by atoms with E-state index in [-0.39, 0.29) is 11.6 Å². The van der Waals surface area contributed by atoms with Crippen molar-refractivity contribution in [3.63, 3.8) is 0 Å². The highest BCUT2D eigenvalue weighted by molar-refractivity contribution is 5.27. The standard InChI is InChI=1S/C20H26N2O2/c1-2-15-24-21-18-9-6-10-19-17(18)11-12-20(23)22(19)14-13-16-7-4-3-5-8-16/h3-5,7-8,11-12,18,21H,2,6,9-10,13-15H2,1H3. The quantitative estimate of drug-likeness (QED) is 0.626. The van der Waals surface area contributed by atoms with Crippen LogP contribution in [-0.2, 0) is 24.2 Å². The zero-order valence-electron chi connectivity index (χ0n) is 14.3. The number of hydrogen-bond acceptors (Lipinski definition) is 3. The summed E-state index contributed by atoms with van der Waals surface area (Å²) >= 11 is 0. The van der Waals surface area contributed by atoms with Gasteiger partial charge in [0.15, 0.2) is 0 Å². The normalized spacial score (nSPS) is 16.8. The van der Waals surface area contributed by atoms with Gasteiger partial charge in [0.1, 0.15) is 0 Å². The summed E-state index contributed by atoms with van der Waals surface area (Å²) in [7, 11) is 0. The maximum atomic E-state index is 12.4. The van der Waals surface area contributed by atoms with Crippen LogP contribution >= 0.6 is 0 Å². The largest absolute Gasteiger partial charge is 0.312 e. The van der Waals surface area contributed by atoms with E-state index in [0.717, 1.165) is 38.6 Å². The Balaban J connectivity index is 1.79. The molecule has 3 rings (SSSR count). The number of benzene rings is 1. The van der Waals surface area contributed by atoms with Gasteiger partial charge in [-0.2, -0.15) is 5.48 Å². The second-order valence-corrected chi connectivity index (χ2v) is 6.37. The lowest BCUT2D eigenvalue weighted by atomic mass is 9.91. The summed E-state index contributed by atoms with van der Waals surface area (Å²) in [4.78, 5) is 17.9. The first-order valence-corrected chi connectivity index (χ1v) is 8.93. The van der Waals surface area contributed by atoms with E-state index in [4.69, 9.17) is 4.84 Å². The molecule has 0 amide bonds. The zero-order valence-corrected chi connectivity index (χ0v) is 14.3. The van der Waals surface area contributed by atoms with Gasteiger partial charge < -0.3 is 9.40 Å². The molecule has 4 nitrogen and oxygen atoms in total. The molecule has 2 aromatic rings. The Kier molecular flexibility index (Phi) is 5.83. The van der Waals surface area contributed by atoms with Crippen LogP contribution in [0.1, 0.15) is 49.0 Å². The molecule has 0 saturated carbocycles. The van der Waals surface area contributed by atoms with Gasteiger partial charge in [-0.25, -0.2) is 0 Å². The second kappa shape index (κ2) is 8.27. The number of nitrogens with zero attached hydrogens (tertiary/aromatic N) is 1. The van der Waals surface area contributed by atoms with Crippen molar-refractivity contribution in [2.75, 3.05) is 6.61 Å². The van der Waals surface area contributed by atoms with Crippen LogP contribution in [0.3, 0.4) is 0 Å². The third-order valence-corrected chi connectivity index (χ3v) is 4.61. The Labute approximate surface area is 143 Å². The van der Waals surface area contributed by atoms with E-state index in [1.54, 1.807) is 6.07 Å². The minimum Gasteiger partial charge on any atom is -0.312 e.